The molecule has 0 aromatic carbocycles. The van der Waals surface area contributed by atoms with Crippen LogP contribution in [0.5, 0.6) is 0 Å². The van der Waals surface area contributed by atoms with Crippen molar-refractivity contribution in [1.29, 1.82) is 0 Å². The van der Waals surface area contributed by atoms with E-state index in [0.717, 1.165) is 0 Å². The van der Waals surface area contributed by atoms with E-state index in [0.29, 0.717) is 24.7 Å². The molecule has 7 heteroatoms. The summed E-state index contributed by atoms with van der Waals surface area (Å²) in [7, 11) is -2.91. The van der Waals surface area contributed by atoms with Gasteiger partial charge in [0.15, 0.2) is 15.7 Å². The van der Waals surface area contributed by atoms with E-state index in [-0.39, 0.29) is 23.3 Å². The molecule has 2 heterocycles. The Morgan fingerprint density at radius 2 is 2.38 bits per heavy atom. The van der Waals surface area contributed by atoms with E-state index < -0.39 is 9.84 Å². The van der Waals surface area contributed by atoms with Crippen LogP contribution in [0.2, 0.25) is 0 Å². The van der Waals surface area contributed by atoms with E-state index in [1.165, 1.54) is 0 Å². The van der Waals surface area contributed by atoms with Gasteiger partial charge in [0.25, 0.3) is 0 Å². The van der Waals surface area contributed by atoms with Gasteiger partial charge in [0.05, 0.1) is 11.5 Å². The molecule has 1 aliphatic heterocycles. The fraction of sp³-hybridized carbons (Fsp3) is 0.778. The van der Waals surface area contributed by atoms with Crippen molar-refractivity contribution in [3.63, 3.8) is 0 Å². The Morgan fingerprint density at radius 3 is 2.94 bits per heavy atom. The molecule has 6 nitrogen and oxygen atoms in total. The summed E-state index contributed by atoms with van der Waals surface area (Å²) in [6, 6.07) is 0. The number of nitrogens with two attached hydrogens (primary N) is 1. The van der Waals surface area contributed by atoms with Crippen molar-refractivity contribution in [1.82, 2.24) is 10.1 Å². The van der Waals surface area contributed by atoms with E-state index in [9.17, 15) is 8.42 Å². The second-order valence-electron chi connectivity index (χ2n) is 4.23. The summed E-state index contributed by atoms with van der Waals surface area (Å²) in [5, 5.41) is 3.83. The maximum atomic E-state index is 11.3. The molecule has 0 saturated carbocycles. The predicted molar refractivity (Wildman–Crippen MR) is 57.8 cm³/mol. The monoisotopic (exact) mass is 245 g/mol. The highest BCUT2D eigenvalue weighted by atomic mass is 32.2. The van der Waals surface area contributed by atoms with Crippen LogP contribution < -0.4 is 5.73 Å². The molecular formula is C9H15N3O3S. The Labute approximate surface area is 94.1 Å². The van der Waals surface area contributed by atoms with Crippen molar-refractivity contribution < 1.29 is 12.9 Å². The Kier molecular flexibility index (Phi) is 2.98. The molecule has 2 N–H and O–H groups in total. The van der Waals surface area contributed by atoms with Gasteiger partial charge in [0.2, 0.25) is 5.89 Å². The smallest absolute Gasteiger partial charge is 0.230 e. The van der Waals surface area contributed by atoms with E-state index in [2.05, 4.69) is 10.1 Å². The zero-order chi connectivity index (χ0) is 11.8. The van der Waals surface area contributed by atoms with Crippen LogP contribution in [-0.2, 0) is 9.84 Å². The summed E-state index contributed by atoms with van der Waals surface area (Å²) in [5.41, 5.74) is 5.49. The highest BCUT2D eigenvalue weighted by molar-refractivity contribution is 7.91. The Morgan fingerprint density at radius 1 is 1.62 bits per heavy atom. The van der Waals surface area contributed by atoms with Crippen molar-refractivity contribution in [2.45, 2.75) is 25.2 Å². The Hall–Kier alpha value is -0.950. The molecule has 0 spiro atoms. The van der Waals surface area contributed by atoms with Crippen LogP contribution in [0.3, 0.4) is 0 Å². The normalized spacial score (nSPS) is 25.8. The van der Waals surface area contributed by atoms with Crippen LogP contribution in [-0.4, -0.2) is 36.6 Å². The first-order chi connectivity index (χ1) is 7.52. The van der Waals surface area contributed by atoms with Gasteiger partial charge in [-0.1, -0.05) is 12.1 Å². The molecule has 1 aromatic rings. The molecule has 0 aliphatic carbocycles. The van der Waals surface area contributed by atoms with E-state index in [1.807, 2.05) is 6.92 Å². The molecule has 2 atom stereocenters. The van der Waals surface area contributed by atoms with Crippen molar-refractivity contribution in [2.24, 2.45) is 5.73 Å². The molecule has 16 heavy (non-hydrogen) atoms. The quantitative estimate of drug-likeness (QED) is 0.806. The summed E-state index contributed by atoms with van der Waals surface area (Å²) >= 11 is 0. The topological polar surface area (TPSA) is 99.1 Å². The lowest BCUT2D eigenvalue weighted by atomic mass is 10.1. The van der Waals surface area contributed by atoms with Gasteiger partial charge in [0.1, 0.15) is 0 Å². The van der Waals surface area contributed by atoms with Crippen LogP contribution >= 0.6 is 0 Å². The van der Waals surface area contributed by atoms with Crippen LogP contribution in [0, 0.1) is 0 Å². The SMILES string of the molecule is CC(CN)c1nc(C2CCS(=O)(=O)C2)no1. The first kappa shape index (κ1) is 11.5. The van der Waals surface area contributed by atoms with Gasteiger partial charge in [-0.2, -0.15) is 4.98 Å². The number of hydrogen-bond donors (Lipinski definition) is 1. The molecule has 1 aromatic heterocycles. The Balaban J connectivity index is 2.14. The van der Waals surface area contributed by atoms with Crippen LogP contribution in [0.1, 0.15) is 36.9 Å². The van der Waals surface area contributed by atoms with Gasteiger partial charge in [-0.3, -0.25) is 0 Å². The number of sulfone groups is 1. The van der Waals surface area contributed by atoms with E-state index >= 15 is 0 Å². The van der Waals surface area contributed by atoms with Crippen molar-refractivity contribution in [2.75, 3.05) is 18.1 Å². The number of aromatic nitrogens is 2. The lowest BCUT2D eigenvalue weighted by Gasteiger charge is -2.00. The standard InChI is InChI=1S/C9H15N3O3S/c1-6(4-10)9-11-8(12-15-9)7-2-3-16(13,14)5-7/h6-7H,2-5,10H2,1H3. The zero-order valence-corrected chi connectivity index (χ0v) is 9.90. The first-order valence-electron chi connectivity index (χ1n) is 5.26. The fourth-order valence-electron chi connectivity index (χ4n) is 1.71. The highest BCUT2D eigenvalue weighted by Gasteiger charge is 2.32. The number of rotatable bonds is 3. The van der Waals surface area contributed by atoms with E-state index in [4.69, 9.17) is 10.3 Å². The van der Waals surface area contributed by atoms with Gasteiger partial charge in [0, 0.05) is 18.4 Å². The highest BCUT2D eigenvalue weighted by Crippen LogP contribution is 2.27. The maximum absolute atomic E-state index is 11.3. The van der Waals surface area contributed by atoms with Crippen molar-refractivity contribution in [3.05, 3.63) is 11.7 Å². The largest absolute Gasteiger partial charge is 0.339 e. The third-order valence-electron chi connectivity index (χ3n) is 2.83. The molecule has 0 radical (unpaired) electrons. The molecule has 0 amide bonds. The van der Waals surface area contributed by atoms with Crippen LogP contribution in [0.25, 0.3) is 0 Å². The summed E-state index contributed by atoms with van der Waals surface area (Å²) in [6.45, 7) is 2.33. The average molecular weight is 245 g/mol. The summed E-state index contributed by atoms with van der Waals surface area (Å²) in [4.78, 5) is 4.21. The lowest BCUT2D eigenvalue weighted by molar-refractivity contribution is 0.354. The van der Waals surface area contributed by atoms with Gasteiger partial charge in [-0.05, 0) is 6.42 Å². The number of hydrogen-bond acceptors (Lipinski definition) is 6. The molecule has 2 unspecified atom stereocenters. The third kappa shape index (κ3) is 2.25. The Bertz CT molecular complexity index is 468. The number of nitrogens with zero attached hydrogens (tertiary/aromatic N) is 2. The van der Waals surface area contributed by atoms with Crippen LogP contribution in [0.4, 0.5) is 0 Å². The van der Waals surface area contributed by atoms with E-state index in [1.54, 1.807) is 0 Å². The minimum absolute atomic E-state index is 0.0132. The first-order valence-corrected chi connectivity index (χ1v) is 7.08. The molecule has 0 bridgehead atoms. The van der Waals surface area contributed by atoms with Gasteiger partial charge >= 0.3 is 0 Å². The minimum atomic E-state index is -2.91. The molecule has 1 aliphatic rings. The molecule has 90 valence electrons. The summed E-state index contributed by atoms with van der Waals surface area (Å²) in [5.74, 6) is 1.22. The second-order valence-corrected chi connectivity index (χ2v) is 6.46. The minimum Gasteiger partial charge on any atom is -0.339 e. The fourth-order valence-corrected chi connectivity index (χ4v) is 3.45. The average Bonchev–Trinajstić information content (AvgIpc) is 2.83. The van der Waals surface area contributed by atoms with Gasteiger partial charge in [-0.15, -0.1) is 0 Å². The molecule has 1 saturated heterocycles. The van der Waals surface area contributed by atoms with Gasteiger partial charge in [-0.25, -0.2) is 8.42 Å². The summed E-state index contributed by atoms with van der Waals surface area (Å²) < 4.78 is 27.7. The zero-order valence-electron chi connectivity index (χ0n) is 9.09. The summed E-state index contributed by atoms with van der Waals surface area (Å²) in [6.07, 6.45) is 0.582. The predicted octanol–water partition coefficient (Wildman–Crippen LogP) is 0.0339. The molecule has 2 rings (SSSR count). The maximum Gasteiger partial charge on any atom is 0.230 e. The lowest BCUT2D eigenvalue weighted by Crippen LogP contribution is -2.09. The molecular weight excluding hydrogens is 230 g/mol. The second kappa shape index (κ2) is 4.14. The molecule has 1 fully saturated rings. The third-order valence-corrected chi connectivity index (χ3v) is 4.60. The van der Waals surface area contributed by atoms with Gasteiger partial charge < -0.3 is 10.3 Å². The van der Waals surface area contributed by atoms with Crippen molar-refractivity contribution in [3.8, 4) is 0 Å². The van der Waals surface area contributed by atoms with Crippen LogP contribution in [0.15, 0.2) is 4.52 Å². The van der Waals surface area contributed by atoms with Crippen molar-refractivity contribution >= 4 is 9.84 Å².